The monoisotopic (exact) mass is 308 g/mol. The van der Waals surface area contributed by atoms with E-state index in [1.807, 2.05) is 0 Å². The summed E-state index contributed by atoms with van der Waals surface area (Å²) in [7, 11) is -4.48. The number of rotatable bonds is 6. The van der Waals surface area contributed by atoms with Crippen LogP contribution < -0.4 is 9.88 Å². The second kappa shape index (κ2) is 5.79. The van der Waals surface area contributed by atoms with Crippen molar-refractivity contribution in [3.05, 3.63) is 28.1 Å². The number of nitro benzene ring substituents is 1. The predicted molar refractivity (Wildman–Crippen MR) is 62.2 cm³/mol. The molecule has 20 heavy (non-hydrogen) atoms. The van der Waals surface area contributed by atoms with Crippen molar-refractivity contribution in [2.45, 2.75) is 11.3 Å². The molecule has 0 fully saturated rings. The summed E-state index contributed by atoms with van der Waals surface area (Å²) >= 11 is 0. The molecule has 0 aliphatic rings. The van der Waals surface area contributed by atoms with Crippen molar-refractivity contribution in [2.75, 3.05) is 6.61 Å². The van der Waals surface area contributed by atoms with Gasteiger partial charge >= 0.3 is 5.97 Å². The van der Waals surface area contributed by atoms with E-state index in [0.717, 1.165) is 0 Å². The fourth-order valence-electron chi connectivity index (χ4n) is 1.25. The van der Waals surface area contributed by atoms with E-state index < -0.39 is 56.1 Å². The lowest BCUT2D eigenvalue weighted by Crippen LogP contribution is -2.16. The molecule has 9 nitrogen and oxygen atoms in total. The molecule has 0 radical (unpaired) electrons. The number of sulfonamides is 1. The van der Waals surface area contributed by atoms with Crippen LogP contribution in [-0.4, -0.2) is 31.0 Å². The number of benzene rings is 1. The number of ether oxygens (including phenoxy) is 1. The highest BCUT2D eigenvalue weighted by atomic mass is 32.2. The number of primary sulfonamides is 1. The van der Waals surface area contributed by atoms with Gasteiger partial charge in [-0.1, -0.05) is 0 Å². The molecule has 110 valence electrons. The zero-order chi connectivity index (χ0) is 15.5. The first-order chi connectivity index (χ1) is 9.12. The molecule has 0 bridgehead atoms. The topological polar surface area (TPSA) is 150 Å². The average Bonchev–Trinajstić information content (AvgIpc) is 2.28. The summed E-state index contributed by atoms with van der Waals surface area (Å²) < 4.78 is 40.9. The Kier molecular flexibility index (Phi) is 4.57. The number of hydrogen-bond acceptors (Lipinski definition) is 6. The van der Waals surface area contributed by atoms with Gasteiger partial charge in [0.25, 0.3) is 5.69 Å². The number of halogens is 1. The largest absolute Gasteiger partial charge is 0.488 e. The highest BCUT2D eigenvalue weighted by molar-refractivity contribution is 7.89. The number of nitrogens with two attached hydrogens (primary N) is 1. The number of carbonyl (C=O) groups is 1. The van der Waals surface area contributed by atoms with Gasteiger partial charge in [-0.2, -0.15) is 0 Å². The molecule has 0 atom stereocenters. The second-order valence-corrected chi connectivity index (χ2v) is 5.08. The third-order valence-electron chi connectivity index (χ3n) is 2.07. The number of aliphatic carboxylic acids is 1. The van der Waals surface area contributed by atoms with Crippen molar-refractivity contribution in [3.8, 4) is 5.75 Å². The van der Waals surface area contributed by atoms with Gasteiger partial charge < -0.3 is 9.84 Å². The quantitative estimate of drug-likeness (QED) is 0.564. The molecule has 0 unspecified atom stereocenters. The van der Waals surface area contributed by atoms with Gasteiger partial charge in [-0.15, -0.1) is 0 Å². The summed E-state index contributed by atoms with van der Waals surface area (Å²) in [5.41, 5.74) is -0.822. The lowest BCUT2D eigenvalue weighted by molar-refractivity contribution is -0.385. The fraction of sp³-hybridized carbons (Fsp3) is 0.222. The van der Waals surface area contributed by atoms with Gasteiger partial charge in [0.05, 0.1) is 24.0 Å². The first kappa shape index (κ1) is 15.8. The third-order valence-corrected chi connectivity index (χ3v) is 2.99. The van der Waals surface area contributed by atoms with Crippen molar-refractivity contribution in [1.29, 1.82) is 0 Å². The molecule has 0 aromatic heterocycles. The Morgan fingerprint density at radius 3 is 2.55 bits per heavy atom. The summed E-state index contributed by atoms with van der Waals surface area (Å²) in [6.07, 6.45) is -0.513. The molecule has 11 heteroatoms. The zero-order valence-corrected chi connectivity index (χ0v) is 10.6. The van der Waals surface area contributed by atoms with E-state index in [1.54, 1.807) is 0 Å². The van der Waals surface area contributed by atoms with Gasteiger partial charge in [-0.05, 0) is 0 Å². The van der Waals surface area contributed by atoms with Crippen LogP contribution in [0.4, 0.5) is 10.1 Å². The van der Waals surface area contributed by atoms with Crippen LogP contribution in [0.5, 0.6) is 5.75 Å². The zero-order valence-electron chi connectivity index (χ0n) is 9.78. The minimum atomic E-state index is -4.48. The Hall–Kier alpha value is -2.27. The molecule has 0 aliphatic heterocycles. The molecular weight excluding hydrogens is 299 g/mol. The first-order valence-electron chi connectivity index (χ1n) is 4.98. The molecule has 1 rings (SSSR count). The van der Waals surface area contributed by atoms with E-state index in [2.05, 4.69) is 0 Å². The second-order valence-electron chi connectivity index (χ2n) is 3.55. The Bertz CT molecular complexity index is 659. The maximum atomic E-state index is 13.6. The van der Waals surface area contributed by atoms with Crippen molar-refractivity contribution < 1.29 is 32.4 Å². The molecule has 3 N–H and O–H groups in total. The Morgan fingerprint density at radius 1 is 1.50 bits per heavy atom. The summed E-state index contributed by atoms with van der Waals surface area (Å²) in [6.45, 7) is -0.521. The number of carboxylic acids is 1. The Labute approximate surface area is 112 Å². The Morgan fingerprint density at radius 2 is 2.10 bits per heavy atom. The van der Waals surface area contributed by atoms with Crippen molar-refractivity contribution in [2.24, 2.45) is 5.14 Å². The molecule has 0 heterocycles. The number of carboxylic acid groups (broad SMARTS) is 1. The first-order valence-corrected chi connectivity index (χ1v) is 6.53. The van der Waals surface area contributed by atoms with Gasteiger partial charge in [0.2, 0.25) is 10.0 Å². The predicted octanol–water partition coefficient (Wildman–Crippen LogP) is 0.235. The highest BCUT2D eigenvalue weighted by Crippen LogP contribution is 2.31. The summed E-state index contributed by atoms with van der Waals surface area (Å²) in [5, 5.41) is 23.7. The van der Waals surface area contributed by atoms with Gasteiger partial charge in [0.15, 0.2) is 11.6 Å². The molecular formula is C9H9FN2O7S. The van der Waals surface area contributed by atoms with Gasteiger partial charge in [-0.3, -0.25) is 14.9 Å². The van der Waals surface area contributed by atoms with E-state index >= 15 is 0 Å². The standard InChI is InChI=1S/C9H9FN2O7S/c10-6-3-5(12(15)16)4-7(20(11,17)18)9(6)19-2-1-8(13)14/h3-4H,1-2H2,(H,13,14)(H2,11,17,18). The van der Waals surface area contributed by atoms with Crippen LogP contribution in [0.1, 0.15) is 6.42 Å². The molecule has 0 amide bonds. The molecule has 0 saturated carbocycles. The van der Waals surface area contributed by atoms with Crippen LogP contribution in [0.3, 0.4) is 0 Å². The SMILES string of the molecule is NS(=O)(=O)c1cc([N+](=O)[O-])cc(F)c1OCCC(=O)O. The normalized spacial score (nSPS) is 11.1. The van der Waals surface area contributed by atoms with E-state index in [4.69, 9.17) is 15.0 Å². The molecule has 0 spiro atoms. The fourth-order valence-corrected chi connectivity index (χ4v) is 1.95. The summed E-state index contributed by atoms with van der Waals surface area (Å²) in [6, 6.07) is 0.985. The van der Waals surface area contributed by atoms with E-state index in [0.29, 0.717) is 12.1 Å². The third kappa shape index (κ3) is 3.86. The molecule has 1 aromatic carbocycles. The molecule has 1 aromatic rings. The number of nitro groups is 1. The lowest BCUT2D eigenvalue weighted by Gasteiger charge is -2.10. The van der Waals surface area contributed by atoms with E-state index in [1.165, 1.54) is 0 Å². The van der Waals surface area contributed by atoms with Crippen LogP contribution in [0.2, 0.25) is 0 Å². The average molecular weight is 308 g/mol. The van der Waals surface area contributed by atoms with Gasteiger partial charge in [0, 0.05) is 6.07 Å². The van der Waals surface area contributed by atoms with E-state index in [9.17, 15) is 27.7 Å². The van der Waals surface area contributed by atoms with Crippen LogP contribution >= 0.6 is 0 Å². The number of nitrogens with zero attached hydrogens (tertiary/aromatic N) is 1. The highest BCUT2D eigenvalue weighted by Gasteiger charge is 2.24. The minimum Gasteiger partial charge on any atom is -0.488 e. The van der Waals surface area contributed by atoms with E-state index in [-0.39, 0.29) is 0 Å². The van der Waals surface area contributed by atoms with Gasteiger partial charge in [0.1, 0.15) is 4.90 Å². The Balaban J connectivity index is 3.28. The maximum Gasteiger partial charge on any atom is 0.306 e. The van der Waals surface area contributed by atoms with Crippen LogP contribution in [-0.2, 0) is 14.8 Å². The van der Waals surface area contributed by atoms with Crippen LogP contribution in [0.25, 0.3) is 0 Å². The molecule has 0 aliphatic carbocycles. The minimum absolute atomic E-state index is 0.449. The van der Waals surface area contributed by atoms with Gasteiger partial charge in [-0.25, -0.2) is 17.9 Å². The van der Waals surface area contributed by atoms with Crippen LogP contribution in [0, 0.1) is 15.9 Å². The maximum absolute atomic E-state index is 13.6. The van der Waals surface area contributed by atoms with Crippen molar-refractivity contribution >= 4 is 21.7 Å². The lowest BCUT2D eigenvalue weighted by atomic mass is 10.3. The van der Waals surface area contributed by atoms with Crippen molar-refractivity contribution in [3.63, 3.8) is 0 Å². The number of hydrogen-bond donors (Lipinski definition) is 2. The summed E-state index contributed by atoms with van der Waals surface area (Å²) in [4.78, 5) is 18.9. The van der Waals surface area contributed by atoms with Crippen LogP contribution in [0.15, 0.2) is 17.0 Å². The smallest absolute Gasteiger partial charge is 0.306 e. The number of non-ortho nitro benzene ring substituents is 1. The summed E-state index contributed by atoms with van der Waals surface area (Å²) in [5.74, 6) is -3.42. The van der Waals surface area contributed by atoms with Crippen molar-refractivity contribution in [1.82, 2.24) is 0 Å². The molecule has 0 saturated heterocycles.